The number of hydrogen-bond acceptors (Lipinski definition) is 3. The lowest BCUT2D eigenvalue weighted by atomic mass is 9.93. The predicted octanol–water partition coefficient (Wildman–Crippen LogP) is 2.43. The molecule has 5 nitrogen and oxygen atoms in total. The first-order valence-corrected chi connectivity index (χ1v) is 7.77. The summed E-state index contributed by atoms with van der Waals surface area (Å²) in [6.45, 7) is 4.99. The van der Waals surface area contributed by atoms with E-state index in [1.807, 2.05) is 19.1 Å². The van der Waals surface area contributed by atoms with Crippen molar-refractivity contribution in [2.45, 2.75) is 26.3 Å². The lowest BCUT2D eigenvalue weighted by Crippen LogP contribution is -2.39. The molecule has 0 bridgehead atoms. The first kappa shape index (κ1) is 15.7. The molecule has 1 aliphatic heterocycles. The first-order chi connectivity index (χ1) is 10.9. The van der Waals surface area contributed by atoms with E-state index in [0.717, 1.165) is 29.8 Å². The second kappa shape index (κ2) is 6.12. The van der Waals surface area contributed by atoms with E-state index >= 15 is 0 Å². The van der Waals surface area contributed by atoms with Crippen LogP contribution < -0.4 is 5.32 Å². The average molecular weight is 316 g/mol. The Morgan fingerprint density at radius 3 is 2.91 bits per heavy atom. The number of hydrogen-bond donors (Lipinski definition) is 1. The van der Waals surface area contributed by atoms with Gasteiger partial charge in [-0.2, -0.15) is 5.10 Å². The largest absolute Gasteiger partial charge is 0.310 e. The van der Waals surface area contributed by atoms with Crippen LogP contribution in [0.25, 0.3) is 0 Å². The summed E-state index contributed by atoms with van der Waals surface area (Å²) < 4.78 is 15.0. The minimum atomic E-state index is -0.200. The molecule has 1 aliphatic rings. The number of nitrogens with one attached hydrogen (secondary N) is 1. The summed E-state index contributed by atoms with van der Waals surface area (Å²) in [5.41, 5.74) is 3.00. The van der Waals surface area contributed by atoms with Gasteiger partial charge < -0.3 is 5.32 Å². The number of halogens is 1. The number of benzene rings is 1. The standard InChI is InChI=1S/C17H21FN4O/c1-11-8-16(21(3)20-11)19-17(23)10-22-7-6-13-9-14(18)4-5-15(13)12(22)2/h4-5,8-9,12H,6-7,10H2,1-3H3,(H,19,23)/t12-/m0/s1. The van der Waals surface area contributed by atoms with Gasteiger partial charge in [-0.05, 0) is 43.5 Å². The lowest BCUT2D eigenvalue weighted by Gasteiger charge is -2.34. The summed E-state index contributed by atoms with van der Waals surface area (Å²) in [6, 6.07) is 6.84. The van der Waals surface area contributed by atoms with Gasteiger partial charge >= 0.3 is 0 Å². The van der Waals surface area contributed by atoms with Crippen LogP contribution in [-0.2, 0) is 18.3 Å². The third kappa shape index (κ3) is 3.27. The second-order valence-electron chi connectivity index (χ2n) is 6.08. The predicted molar refractivity (Wildman–Crippen MR) is 86.7 cm³/mol. The average Bonchev–Trinajstić information content (AvgIpc) is 2.79. The molecule has 0 aliphatic carbocycles. The van der Waals surface area contributed by atoms with E-state index in [1.165, 1.54) is 6.07 Å². The summed E-state index contributed by atoms with van der Waals surface area (Å²) in [4.78, 5) is 14.4. The summed E-state index contributed by atoms with van der Waals surface area (Å²) in [5.74, 6) is 0.429. The van der Waals surface area contributed by atoms with Crippen molar-refractivity contribution in [1.82, 2.24) is 14.7 Å². The van der Waals surface area contributed by atoms with Crippen LogP contribution in [0, 0.1) is 12.7 Å². The molecule has 0 saturated heterocycles. The van der Waals surface area contributed by atoms with Crippen molar-refractivity contribution in [2.24, 2.45) is 7.05 Å². The third-order valence-electron chi connectivity index (χ3n) is 4.39. The minimum Gasteiger partial charge on any atom is -0.310 e. The highest BCUT2D eigenvalue weighted by Gasteiger charge is 2.25. The highest BCUT2D eigenvalue weighted by Crippen LogP contribution is 2.29. The maximum Gasteiger partial charge on any atom is 0.239 e. The molecule has 6 heteroatoms. The number of carbonyl (C=O) groups excluding carboxylic acids is 1. The van der Waals surface area contributed by atoms with Gasteiger partial charge in [0.05, 0.1) is 12.2 Å². The van der Waals surface area contributed by atoms with Gasteiger partial charge in [-0.3, -0.25) is 14.4 Å². The molecule has 2 aromatic rings. The molecule has 1 aromatic heterocycles. The maximum atomic E-state index is 13.3. The highest BCUT2D eigenvalue weighted by atomic mass is 19.1. The Hall–Kier alpha value is -2.21. The molecule has 1 amide bonds. The third-order valence-corrected chi connectivity index (χ3v) is 4.39. The Balaban J connectivity index is 1.67. The van der Waals surface area contributed by atoms with Crippen LogP contribution in [0.5, 0.6) is 0 Å². The molecule has 1 atom stereocenters. The molecule has 0 unspecified atom stereocenters. The van der Waals surface area contributed by atoms with Gasteiger partial charge in [0.15, 0.2) is 0 Å². The summed E-state index contributed by atoms with van der Waals surface area (Å²) in [5, 5.41) is 7.11. The van der Waals surface area contributed by atoms with E-state index in [0.29, 0.717) is 12.4 Å². The second-order valence-corrected chi connectivity index (χ2v) is 6.08. The molecule has 0 saturated carbocycles. The number of aryl methyl sites for hydroxylation is 2. The number of carbonyl (C=O) groups is 1. The van der Waals surface area contributed by atoms with Gasteiger partial charge in [-0.15, -0.1) is 0 Å². The van der Waals surface area contributed by atoms with Crippen molar-refractivity contribution >= 4 is 11.7 Å². The van der Waals surface area contributed by atoms with E-state index in [2.05, 4.69) is 22.2 Å². The van der Waals surface area contributed by atoms with Gasteiger partial charge in [0.25, 0.3) is 0 Å². The van der Waals surface area contributed by atoms with Crippen molar-refractivity contribution in [2.75, 3.05) is 18.4 Å². The number of nitrogens with zero attached hydrogens (tertiary/aromatic N) is 3. The Bertz CT molecular complexity index is 740. The molecule has 0 radical (unpaired) electrons. The van der Waals surface area contributed by atoms with E-state index in [1.54, 1.807) is 17.8 Å². The van der Waals surface area contributed by atoms with Gasteiger partial charge in [0.1, 0.15) is 11.6 Å². The summed E-state index contributed by atoms with van der Waals surface area (Å²) >= 11 is 0. The van der Waals surface area contributed by atoms with Gasteiger partial charge in [-0.1, -0.05) is 6.07 Å². The van der Waals surface area contributed by atoms with Crippen LogP contribution in [0.3, 0.4) is 0 Å². The van der Waals surface area contributed by atoms with Crippen LogP contribution in [0.2, 0.25) is 0 Å². The molecule has 1 N–H and O–H groups in total. The van der Waals surface area contributed by atoms with Gasteiger partial charge in [-0.25, -0.2) is 4.39 Å². The van der Waals surface area contributed by atoms with E-state index in [-0.39, 0.29) is 17.8 Å². The first-order valence-electron chi connectivity index (χ1n) is 7.77. The van der Waals surface area contributed by atoms with E-state index in [9.17, 15) is 9.18 Å². The van der Waals surface area contributed by atoms with Crippen LogP contribution in [0.15, 0.2) is 24.3 Å². The van der Waals surface area contributed by atoms with E-state index in [4.69, 9.17) is 0 Å². The number of rotatable bonds is 3. The fourth-order valence-electron chi connectivity index (χ4n) is 3.16. The minimum absolute atomic E-state index is 0.0644. The number of amides is 1. The molecule has 0 fully saturated rings. The molecule has 23 heavy (non-hydrogen) atoms. The van der Waals surface area contributed by atoms with Crippen LogP contribution in [-0.4, -0.2) is 33.7 Å². The zero-order valence-electron chi connectivity index (χ0n) is 13.6. The normalized spacial score (nSPS) is 17.8. The molecular weight excluding hydrogens is 295 g/mol. The Labute approximate surface area is 135 Å². The summed E-state index contributed by atoms with van der Waals surface area (Å²) in [6.07, 6.45) is 0.759. The number of fused-ring (bicyclic) bond motifs is 1. The molecule has 0 spiro atoms. The maximum absolute atomic E-state index is 13.3. The van der Waals surface area contributed by atoms with Crippen LogP contribution >= 0.6 is 0 Å². The Morgan fingerprint density at radius 2 is 2.22 bits per heavy atom. The smallest absolute Gasteiger partial charge is 0.239 e. The monoisotopic (exact) mass is 316 g/mol. The topological polar surface area (TPSA) is 50.2 Å². The highest BCUT2D eigenvalue weighted by molar-refractivity contribution is 5.91. The van der Waals surface area contributed by atoms with Crippen LogP contribution in [0.4, 0.5) is 10.2 Å². The van der Waals surface area contributed by atoms with Crippen molar-refractivity contribution in [1.29, 1.82) is 0 Å². The fourth-order valence-corrected chi connectivity index (χ4v) is 3.16. The fraction of sp³-hybridized carbons (Fsp3) is 0.412. The molecule has 122 valence electrons. The summed E-state index contributed by atoms with van der Waals surface area (Å²) in [7, 11) is 1.80. The zero-order chi connectivity index (χ0) is 16.6. The SMILES string of the molecule is Cc1cc(NC(=O)CN2CCc3cc(F)ccc3[C@@H]2C)n(C)n1. The van der Waals surface area contributed by atoms with Gasteiger partial charge in [0, 0.05) is 25.7 Å². The Kier molecular flexibility index (Phi) is 4.17. The van der Waals surface area contributed by atoms with Crippen molar-refractivity contribution in [3.63, 3.8) is 0 Å². The molecule has 3 rings (SSSR count). The molecular formula is C17H21FN4O. The van der Waals surface area contributed by atoms with Gasteiger partial charge in [0.2, 0.25) is 5.91 Å². The number of anilines is 1. The molecule has 2 heterocycles. The van der Waals surface area contributed by atoms with Crippen molar-refractivity contribution in [3.05, 3.63) is 46.9 Å². The quantitative estimate of drug-likeness (QED) is 0.946. The number of aromatic nitrogens is 2. The van der Waals surface area contributed by atoms with Crippen molar-refractivity contribution in [3.8, 4) is 0 Å². The van der Waals surface area contributed by atoms with E-state index < -0.39 is 0 Å². The molecule has 1 aromatic carbocycles. The lowest BCUT2D eigenvalue weighted by molar-refractivity contribution is -0.118. The van der Waals surface area contributed by atoms with Crippen molar-refractivity contribution < 1.29 is 9.18 Å². The Morgan fingerprint density at radius 1 is 1.43 bits per heavy atom. The zero-order valence-corrected chi connectivity index (χ0v) is 13.6. The van der Waals surface area contributed by atoms with Crippen LogP contribution in [0.1, 0.15) is 29.8 Å².